The van der Waals surface area contributed by atoms with Crippen molar-refractivity contribution in [3.63, 3.8) is 0 Å². The normalized spacial score (nSPS) is 11.6. The number of methoxy groups -OCH3 is 1. The number of carbonyl (C=O) groups is 1. The van der Waals surface area contributed by atoms with Gasteiger partial charge < -0.3 is 19.9 Å². The lowest BCUT2D eigenvalue weighted by Crippen LogP contribution is -2.16. The van der Waals surface area contributed by atoms with Gasteiger partial charge >= 0.3 is 5.97 Å². The average Bonchev–Trinajstić information content (AvgIpc) is 2.61. The minimum absolute atomic E-state index is 0.117. The maximum atomic E-state index is 11.4. The summed E-state index contributed by atoms with van der Waals surface area (Å²) in [5.74, 6) is 0.922. The van der Waals surface area contributed by atoms with Crippen LogP contribution in [0, 0.1) is 0 Å². The van der Waals surface area contributed by atoms with E-state index in [0.29, 0.717) is 24.7 Å². The van der Waals surface area contributed by atoms with E-state index < -0.39 is 6.04 Å². The molecule has 0 unspecified atom stereocenters. The Labute approximate surface area is 142 Å². The number of hydrogen-bond donors (Lipinski definition) is 1. The molecule has 0 fully saturated rings. The zero-order chi connectivity index (χ0) is 17.4. The summed E-state index contributed by atoms with van der Waals surface area (Å²) in [6.45, 7) is 2.87. The Morgan fingerprint density at radius 1 is 1.08 bits per heavy atom. The molecule has 2 rings (SSSR count). The highest BCUT2D eigenvalue weighted by Gasteiger charge is 2.15. The molecule has 0 radical (unpaired) electrons. The van der Waals surface area contributed by atoms with E-state index in [-0.39, 0.29) is 12.4 Å². The molecule has 2 aromatic carbocycles. The average molecular weight is 329 g/mol. The fraction of sp³-hybridized carbons (Fsp3) is 0.316. The van der Waals surface area contributed by atoms with Crippen LogP contribution in [0.1, 0.15) is 30.5 Å². The third-order valence-electron chi connectivity index (χ3n) is 3.55. The van der Waals surface area contributed by atoms with Crippen LogP contribution in [0.25, 0.3) is 0 Å². The maximum absolute atomic E-state index is 11.4. The molecular formula is C19H23NO4. The van der Waals surface area contributed by atoms with Gasteiger partial charge in [0.15, 0.2) is 11.5 Å². The Morgan fingerprint density at radius 2 is 1.83 bits per heavy atom. The van der Waals surface area contributed by atoms with Crippen molar-refractivity contribution in [3.05, 3.63) is 59.7 Å². The largest absolute Gasteiger partial charge is 0.490 e. The lowest BCUT2D eigenvalue weighted by molar-refractivity contribution is -0.141. The van der Waals surface area contributed by atoms with E-state index in [1.807, 2.05) is 55.5 Å². The minimum Gasteiger partial charge on any atom is -0.490 e. The van der Waals surface area contributed by atoms with Crippen molar-refractivity contribution in [2.24, 2.45) is 5.73 Å². The summed E-state index contributed by atoms with van der Waals surface area (Å²) < 4.78 is 16.2. The highest BCUT2D eigenvalue weighted by Crippen LogP contribution is 2.31. The molecule has 5 nitrogen and oxygen atoms in total. The molecule has 0 saturated heterocycles. The van der Waals surface area contributed by atoms with Crippen LogP contribution < -0.4 is 15.2 Å². The van der Waals surface area contributed by atoms with Crippen LogP contribution in [0.2, 0.25) is 0 Å². The minimum atomic E-state index is -0.445. The molecule has 0 spiro atoms. The first-order valence-corrected chi connectivity index (χ1v) is 7.90. The maximum Gasteiger partial charge on any atom is 0.307 e. The van der Waals surface area contributed by atoms with E-state index >= 15 is 0 Å². The van der Waals surface area contributed by atoms with E-state index in [2.05, 4.69) is 4.74 Å². The van der Waals surface area contributed by atoms with E-state index in [1.165, 1.54) is 7.11 Å². The van der Waals surface area contributed by atoms with E-state index in [4.69, 9.17) is 15.2 Å². The number of ether oxygens (including phenoxy) is 3. The van der Waals surface area contributed by atoms with Gasteiger partial charge in [0.2, 0.25) is 0 Å². The van der Waals surface area contributed by atoms with Crippen molar-refractivity contribution in [1.82, 2.24) is 0 Å². The second-order valence-corrected chi connectivity index (χ2v) is 5.30. The van der Waals surface area contributed by atoms with Gasteiger partial charge in [-0.1, -0.05) is 36.4 Å². The van der Waals surface area contributed by atoms with Gasteiger partial charge in [-0.15, -0.1) is 0 Å². The fourth-order valence-electron chi connectivity index (χ4n) is 2.26. The Morgan fingerprint density at radius 3 is 2.50 bits per heavy atom. The molecule has 0 aliphatic rings. The first kappa shape index (κ1) is 17.8. The zero-order valence-electron chi connectivity index (χ0n) is 14.0. The fourth-order valence-corrected chi connectivity index (χ4v) is 2.26. The molecule has 0 saturated carbocycles. The summed E-state index contributed by atoms with van der Waals surface area (Å²) in [5, 5.41) is 0. The van der Waals surface area contributed by atoms with Crippen LogP contribution in [0.4, 0.5) is 0 Å². The molecule has 0 bridgehead atoms. The molecule has 0 aromatic heterocycles. The Bertz CT molecular complexity index is 658. The smallest absolute Gasteiger partial charge is 0.307 e. The van der Waals surface area contributed by atoms with Gasteiger partial charge in [-0.2, -0.15) is 0 Å². The second-order valence-electron chi connectivity index (χ2n) is 5.30. The summed E-state index contributed by atoms with van der Waals surface area (Å²) in [6.07, 6.45) is 0.117. The third kappa shape index (κ3) is 4.99. The molecular weight excluding hydrogens is 306 g/mol. The lowest BCUT2D eigenvalue weighted by Gasteiger charge is -2.16. The van der Waals surface area contributed by atoms with Gasteiger partial charge in [0, 0.05) is 6.04 Å². The summed E-state index contributed by atoms with van der Waals surface area (Å²) >= 11 is 0. The quantitative estimate of drug-likeness (QED) is 0.753. The predicted octanol–water partition coefficient (Wildman–Crippen LogP) is 3.23. The second kappa shape index (κ2) is 8.93. The molecule has 128 valence electrons. The van der Waals surface area contributed by atoms with Crippen LogP contribution >= 0.6 is 0 Å². The zero-order valence-corrected chi connectivity index (χ0v) is 14.0. The van der Waals surface area contributed by atoms with Crippen molar-refractivity contribution < 1.29 is 19.0 Å². The summed E-state index contributed by atoms with van der Waals surface area (Å²) in [7, 11) is 1.35. The molecule has 24 heavy (non-hydrogen) atoms. The van der Waals surface area contributed by atoms with Gasteiger partial charge in [0.1, 0.15) is 6.61 Å². The predicted molar refractivity (Wildman–Crippen MR) is 91.9 cm³/mol. The molecule has 0 aliphatic carbocycles. The Kier molecular flexibility index (Phi) is 6.63. The van der Waals surface area contributed by atoms with E-state index in [9.17, 15) is 4.79 Å². The number of benzene rings is 2. The van der Waals surface area contributed by atoms with Gasteiger partial charge in [-0.05, 0) is 30.2 Å². The van der Waals surface area contributed by atoms with Crippen molar-refractivity contribution in [3.8, 4) is 11.5 Å². The van der Waals surface area contributed by atoms with Gasteiger partial charge in [0.05, 0.1) is 20.1 Å². The number of carbonyl (C=O) groups excluding carboxylic acids is 1. The highest BCUT2D eigenvalue weighted by molar-refractivity contribution is 5.70. The van der Waals surface area contributed by atoms with Crippen LogP contribution in [-0.2, 0) is 16.1 Å². The first-order chi connectivity index (χ1) is 11.6. The number of esters is 1. The van der Waals surface area contributed by atoms with Gasteiger partial charge in [-0.3, -0.25) is 4.79 Å². The molecule has 2 aromatic rings. The molecule has 5 heteroatoms. The van der Waals surface area contributed by atoms with Gasteiger partial charge in [0.25, 0.3) is 0 Å². The molecule has 0 heterocycles. The molecule has 0 aliphatic heterocycles. The standard InChI is InChI=1S/C19H23NO4/c1-3-23-18-11-15(16(20)12-19(21)22-2)9-10-17(18)24-13-14-7-5-4-6-8-14/h4-11,16H,3,12-13,20H2,1-2H3/t16-/m1/s1. The Hall–Kier alpha value is -2.53. The van der Waals surface area contributed by atoms with E-state index in [1.54, 1.807) is 0 Å². The van der Waals surface area contributed by atoms with Crippen LogP contribution in [0.3, 0.4) is 0 Å². The Balaban J connectivity index is 2.12. The van der Waals surface area contributed by atoms with E-state index in [0.717, 1.165) is 11.1 Å². The summed E-state index contributed by atoms with van der Waals surface area (Å²) in [4.78, 5) is 11.4. The van der Waals surface area contributed by atoms with Gasteiger partial charge in [-0.25, -0.2) is 0 Å². The third-order valence-corrected chi connectivity index (χ3v) is 3.55. The lowest BCUT2D eigenvalue weighted by atomic mass is 10.0. The summed E-state index contributed by atoms with van der Waals surface area (Å²) in [6, 6.07) is 14.9. The van der Waals surface area contributed by atoms with Crippen molar-refractivity contribution in [1.29, 1.82) is 0 Å². The van der Waals surface area contributed by atoms with Crippen LogP contribution in [-0.4, -0.2) is 19.7 Å². The van der Waals surface area contributed by atoms with Crippen LogP contribution in [0.5, 0.6) is 11.5 Å². The van der Waals surface area contributed by atoms with Crippen molar-refractivity contribution >= 4 is 5.97 Å². The molecule has 2 N–H and O–H groups in total. The monoisotopic (exact) mass is 329 g/mol. The SMILES string of the molecule is CCOc1cc([C@H](N)CC(=O)OC)ccc1OCc1ccccc1. The van der Waals surface area contributed by atoms with Crippen molar-refractivity contribution in [2.75, 3.05) is 13.7 Å². The first-order valence-electron chi connectivity index (χ1n) is 7.90. The molecule has 1 atom stereocenters. The topological polar surface area (TPSA) is 70.8 Å². The van der Waals surface area contributed by atoms with Crippen molar-refractivity contribution in [2.45, 2.75) is 26.0 Å². The van der Waals surface area contributed by atoms with Crippen LogP contribution in [0.15, 0.2) is 48.5 Å². The number of nitrogens with two attached hydrogens (primary N) is 1. The summed E-state index contributed by atoms with van der Waals surface area (Å²) in [5.41, 5.74) is 7.93. The number of rotatable bonds is 8. The highest BCUT2D eigenvalue weighted by atomic mass is 16.5. The molecule has 0 amide bonds. The number of hydrogen-bond acceptors (Lipinski definition) is 5.